The van der Waals surface area contributed by atoms with Gasteiger partial charge in [0.25, 0.3) is 11.8 Å². The summed E-state index contributed by atoms with van der Waals surface area (Å²) in [7, 11) is 1.90. The number of unbranched alkanes of at least 4 members (excludes halogenated alkanes) is 1. The third-order valence-electron chi connectivity index (χ3n) is 13.2. The molecular weight excluding hydrogens is 957 g/mol. The summed E-state index contributed by atoms with van der Waals surface area (Å²) >= 11 is 1.08. The van der Waals surface area contributed by atoms with E-state index in [1.165, 1.54) is 31.2 Å². The van der Waals surface area contributed by atoms with E-state index in [1.54, 1.807) is 45.0 Å². The lowest BCUT2D eigenvalue weighted by atomic mass is 9.84. The molecule has 2 heterocycles. The molecule has 1 aromatic carbocycles. The average Bonchev–Trinajstić information content (AvgIpc) is 3.83. The van der Waals surface area contributed by atoms with Crippen LogP contribution >= 0.6 is 11.3 Å². The van der Waals surface area contributed by atoms with E-state index in [2.05, 4.69) is 32.2 Å². The standard InChI is InChI=1S/C53H80N8O11S/c1-13-15-18-25-71-61(51(68)45(32(5)14-2)59-49(67)41-19-16-17-24-60(41)12)42(31(3)4)28-44(72-36(9)62)50-58-40(30-73-50)48(66)57-39(29-53(10,11)52(69)70)27-37-20-22-38(23-21-37)56-46(64)33(6)26-43(63)35(8)55-47(65)34(7)54/h1,20-23,30-35,39,41-42,44-45H,14-19,24-29,54H2,2-12H3,(H,55,65)(H,56,64)(H,57,66)(H,59,67)(H,69,70)/t32-,33+,34-,35-,39-,41+,42+,44+,45-/m0/s1. The highest BCUT2D eigenvalue weighted by atomic mass is 32.1. The zero-order valence-electron chi connectivity index (χ0n) is 44.6. The second-order valence-electron chi connectivity index (χ2n) is 20.4. The summed E-state index contributed by atoms with van der Waals surface area (Å²) in [6.07, 6.45) is 8.65. The first kappa shape index (κ1) is 61.5. The monoisotopic (exact) mass is 1040 g/mol. The quantitative estimate of drug-likeness (QED) is 0.0252. The van der Waals surface area contributed by atoms with Gasteiger partial charge >= 0.3 is 11.9 Å². The van der Waals surface area contributed by atoms with Gasteiger partial charge in [0.1, 0.15) is 16.7 Å². The number of ketones is 1. The number of carbonyl (C=O) groups is 8. The number of nitrogens with one attached hydrogen (secondary N) is 4. The summed E-state index contributed by atoms with van der Waals surface area (Å²) in [6, 6.07) is 2.46. The molecule has 1 aliphatic rings. The Balaban J connectivity index is 1.87. The molecule has 0 saturated carbocycles. The number of ether oxygens (including phenoxy) is 1. The number of Topliss-reactive ketones (excluding diaryl/α,β-unsaturated/α-hetero) is 1. The number of carboxylic acid groups (broad SMARTS) is 1. The minimum atomic E-state index is -1.25. The second kappa shape index (κ2) is 29.2. The number of anilines is 1. The first-order valence-corrected chi connectivity index (χ1v) is 26.2. The minimum Gasteiger partial charge on any atom is -0.481 e. The lowest BCUT2D eigenvalue weighted by Gasteiger charge is -2.39. The number of nitrogens with two attached hydrogens (primary N) is 1. The van der Waals surface area contributed by atoms with Gasteiger partial charge in [-0.2, -0.15) is 0 Å². The number of rotatable bonds is 29. The van der Waals surface area contributed by atoms with E-state index in [9.17, 15) is 43.5 Å². The SMILES string of the molecule is C#CCCCON(C(=O)[C@@H](NC(=O)[C@H]1CCCCN1C)[C@@H](C)CC)[C@H](C[C@@H](OC(C)=O)c1nc(C(=O)N[C@@H](Cc2ccc(NC(=O)[C@H](C)CC(=O)[C@H](C)NC(=O)[C@H](C)N)cc2)CC(C)(C)C(=O)O)cs1)C(C)C. The first-order chi connectivity index (χ1) is 34.3. The zero-order chi connectivity index (χ0) is 54.7. The van der Waals surface area contributed by atoms with E-state index in [-0.39, 0.29) is 72.6 Å². The van der Waals surface area contributed by atoms with Gasteiger partial charge < -0.3 is 36.8 Å². The molecule has 0 bridgehead atoms. The number of likely N-dealkylation sites (N-methyl/N-ethyl adjacent to an activating group) is 1. The molecule has 9 atom stereocenters. The predicted octanol–water partition coefficient (Wildman–Crippen LogP) is 5.58. The molecular formula is C53H80N8O11S. The topological polar surface area (TPSA) is 269 Å². The van der Waals surface area contributed by atoms with E-state index in [0.717, 1.165) is 36.3 Å². The third kappa shape index (κ3) is 19.2. The molecule has 0 unspecified atom stereocenters. The van der Waals surface area contributed by atoms with Crippen LogP contribution in [0.25, 0.3) is 0 Å². The summed E-state index contributed by atoms with van der Waals surface area (Å²) in [6.45, 7) is 17.5. The number of hydrogen-bond acceptors (Lipinski definition) is 14. The van der Waals surface area contributed by atoms with Crippen LogP contribution < -0.4 is 27.0 Å². The molecule has 1 saturated heterocycles. The Bertz CT molecular complexity index is 2240. The number of aliphatic carboxylic acids is 1. The molecule has 19 nitrogen and oxygen atoms in total. The lowest BCUT2D eigenvalue weighted by molar-refractivity contribution is -0.213. The van der Waals surface area contributed by atoms with Gasteiger partial charge in [0.05, 0.1) is 36.2 Å². The molecule has 2 aromatic rings. The van der Waals surface area contributed by atoms with Gasteiger partial charge in [-0.05, 0) is 103 Å². The smallest absolute Gasteiger partial charge is 0.309 e. The predicted molar refractivity (Wildman–Crippen MR) is 278 cm³/mol. The van der Waals surface area contributed by atoms with Crippen LogP contribution in [-0.2, 0) is 49.6 Å². The number of piperidine rings is 1. The number of carbonyl (C=O) groups excluding carboxylic acids is 7. The van der Waals surface area contributed by atoms with Gasteiger partial charge in [0, 0.05) is 49.2 Å². The average molecular weight is 1040 g/mol. The Morgan fingerprint density at radius 2 is 1.67 bits per heavy atom. The number of thiazole rings is 1. The summed E-state index contributed by atoms with van der Waals surface area (Å²) in [5.74, 6) is -2.84. The number of amides is 5. The van der Waals surface area contributed by atoms with Crippen molar-refractivity contribution in [2.24, 2.45) is 28.9 Å². The maximum atomic E-state index is 14.8. The number of hydroxylamine groups is 2. The number of esters is 1. The highest BCUT2D eigenvalue weighted by Crippen LogP contribution is 2.33. The van der Waals surface area contributed by atoms with Crippen molar-refractivity contribution in [2.45, 2.75) is 176 Å². The number of aromatic nitrogens is 1. The van der Waals surface area contributed by atoms with Crippen LogP contribution in [0, 0.1) is 35.5 Å². The highest BCUT2D eigenvalue weighted by Gasteiger charge is 2.40. The molecule has 0 radical (unpaired) electrons. The van der Waals surface area contributed by atoms with Crippen molar-refractivity contribution in [1.82, 2.24) is 30.9 Å². The Hall–Kier alpha value is -5.75. The van der Waals surface area contributed by atoms with E-state index >= 15 is 0 Å². The van der Waals surface area contributed by atoms with Gasteiger partial charge in [0.2, 0.25) is 17.7 Å². The molecule has 73 heavy (non-hydrogen) atoms. The maximum absolute atomic E-state index is 14.8. The van der Waals surface area contributed by atoms with Crippen molar-refractivity contribution >= 4 is 64.3 Å². The molecule has 7 N–H and O–H groups in total. The van der Waals surface area contributed by atoms with E-state index in [4.69, 9.17) is 21.7 Å². The number of carboxylic acids is 1. The van der Waals surface area contributed by atoms with Gasteiger partial charge in [0.15, 0.2) is 11.9 Å². The van der Waals surface area contributed by atoms with Crippen LogP contribution in [-0.4, -0.2) is 124 Å². The van der Waals surface area contributed by atoms with E-state index < -0.39 is 83.2 Å². The van der Waals surface area contributed by atoms with Crippen LogP contribution in [0.1, 0.15) is 154 Å². The van der Waals surface area contributed by atoms with Crippen LogP contribution in [0.3, 0.4) is 0 Å². The summed E-state index contributed by atoms with van der Waals surface area (Å²) in [4.78, 5) is 118. The molecule has 3 rings (SSSR count). The van der Waals surface area contributed by atoms with Gasteiger partial charge in [-0.3, -0.25) is 48.1 Å². The molecule has 0 aliphatic carbocycles. The molecule has 1 fully saturated rings. The summed E-state index contributed by atoms with van der Waals surface area (Å²) in [5.41, 5.74) is 5.49. The Morgan fingerprint density at radius 1 is 1.00 bits per heavy atom. The lowest BCUT2D eigenvalue weighted by Crippen LogP contribution is -2.58. The van der Waals surface area contributed by atoms with Crippen molar-refractivity contribution < 1.29 is 53.0 Å². The largest absolute Gasteiger partial charge is 0.481 e. The summed E-state index contributed by atoms with van der Waals surface area (Å²) < 4.78 is 5.87. The van der Waals surface area contributed by atoms with Crippen molar-refractivity contribution in [3.63, 3.8) is 0 Å². The Labute approximate surface area is 435 Å². The van der Waals surface area contributed by atoms with Crippen LogP contribution in [0.15, 0.2) is 29.6 Å². The Morgan fingerprint density at radius 3 is 2.25 bits per heavy atom. The van der Waals surface area contributed by atoms with Crippen LogP contribution in [0.2, 0.25) is 0 Å². The highest BCUT2D eigenvalue weighted by molar-refractivity contribution is 7.09. The maximum Gasteiger partial charge on any atom is 0.309 e. The van der Waals surface area contributed by atoms with Crippen LogP contribution in [0.5, 0.6) is 0 Å². The number of likely N-dealkylation sites (tertiary alicyclic amines) is 1. The fourth-order valence-electron chi connectivity index (χ4n) is 8.34. The fourth-order valence-corrected chi connectivity index (χ4v) is 9.18. The fraction of sp³-hybridized carbons (Fsp3) is 0.642. The minimum absolute atomic E-state index is 0.00144. The second-order valence-corrected chi connectivity index (χ2v) is 21.3. The summed E-state index contributed by atoms with van der Waals surface area (Å²) in [5, 5.41) is 24.5. The molecule has 1 aromatic heterocycles. The molecule has 0 spiro atoms. The van der Waals surface area contributed by atoms with Gasteiger partial charge in [-0.15, -0.1) is 23.7 Å². The first-order valence-electron chi connectivity index (χ1n) is 25.3. The molecule has 20 heteroatoms. The normalized spacial score (nSPS) is 17.3. The van der Waals surface area contributed by atoms with Crippen molar-refractivity contribution in [2.75, 3.05) is 25.5 Å². The van der Waals surface area contributed by atoms with Gasteiger partial charge in [-0.25, -0.2) is 10.0 Å². The van der Waals surface area contributed by atoms with E-state index in [0.29, 0.717) is 31.4 Å². The number of benzene rings is 1. The van der Waals surface area contributed by atoms with Crippen molar-refractivity contribution in [3.8, 4) is 12.3 Å². The van der Waals surface area contributed by atoms with Crippen LogP contribution in [0.4, 0.5) is 5.69 Å². The van der Waals surface area contributed by atoms with Gasteiger partial charge in [-0.1, -0.05) is 59.6 Å². The third-order valence-corrected chi connectivity index (χ3v) is 14.1. The van der Waals surface area contributed by atoms with E-state index in [1.807, 2.05) is 39.6 Å². The number of nitrogens with zero attached hydrogens (tertiary/aromatic N) is 3. The Kier molecular flexibility index (Phi) is 24.6. The number of terminal acetylenes is 1. The molecule has 404 valence electrons. The zero-order valence-corrected chi connectivity index (χ0v) is 45.4. The molecule has 1 aliphatic heterocycles. The van der Waals surface area contributed by atoms with Crippen molar-refractivity contribution in [1.29, 1.82) is 0 Å². The molecule has 5 amide bonds. The number of hydrogen-bond donors (Lipinski definition) is 6. The van der Waals surface area contributed by atoms with Crippen molar-refractivity contribution in [3.05, 3.63) is 45.9 Å².